The molecule has 0 bridgehead atoms. The van der Waals surface area contributed by atoms with Gasteiger partial charge in [0.15, 0.2) is 5.78 Å². The molecule has 0 N–H and O–H groups in total. The van der Waals surface area contributed by atoms with E-state index in [4.69, 9.17) is 0 Å². The van der Waals surface area contributed by atoms with Gasteiger partial charge in [-0.2, -0.15) is 5.10 Å². The lowest BCUT2D eigenvalue weighted by atomic mass is 10.1. The summed E-state index contributed by atoms with van der Waals surface area (Å²) >= 11 is 0. The zero-order valence-electron chi connectivity index (χ0n) is 9.86. The third-order valence-corrected chi connectivity index (χ3v) is 2.45. The molecule has 0 fully saturated rings. The minimum Gasteiger partial charge on any atom is -0.294 e. The monoisotopic (exact) mass is 233 g/mol. The first kappa shape index (κ1) is 11.4. The van der Waals surface area contributed by atoms with Crippen LogP contribution in [0.1, 0.15) is 28.9 Å². The summed E-state index contributed by atoms with van der Waals surface area (Å²) in [5.74, 6) is 0.338. The highest BCUT2D eigenvalue weighted by Crippen LogP contribution is 2.19. The van der Waals surface area contributed by atoms with Crippen LogP contribution in [0.15, 0.2) is 18.2 Å². The standard InChI is InChI=1S/C12H12FN3O/c1-7(17)12-10(13)5-4-6-11(12)16-9(3)14-8(2)15-16/h4-6H,1-3H3. The number of aromatic nitrogens is 3. The van der Waals surface area contributed by atoms with E-state index in [1.807, 2.05) is 0 Å². The Morgan fingerprint density at radius 3 is 2.59 bits per heavy atom. The van der Waals surface area contributed by atoms with Crippen molar-refractivity contribution in [3.05, 3.63) is 41.2 Å². The van der Waals surface area contributed by atoms with Crippen molar-refractivity contribution in [3.63, 3.8) is 0 Å². The maximum Gasteiger partial charge on any atom is 0.164 e. The number of halogens is 1. The van der Waals surface area contributed by atoms with Crippen molar-refractivity contribution in [2.45, 2.75) is 20.8 Å². The maximum atomic E-state index is 13.6. The molecule has 0 aliphatic carbocycles. The van der Waals surface area contributed by atoms with Gasteiger partial charge >= 0.3 is 0 Å². The first-order valence-corrected chi connectivity index (χ1v) is 5.21. The van der Waals surface area contributed by atoms with E-state index in [1.165, 1.54) is 17.7 Å². The Labute approximate surface area is 98.1 Å². The van der Waals surface area contributed by atoms with Crippen LogP contribution in [0.25, 0.3) is 5.69 Å². The van der Waals surface area contributed by atoms with Crippen LogP contribution < -0.4 is 0 Å². The van der Waals surface area contributed by atoms with Gasteiger partial charge in [-0.3, -0.25) is 4.79 Å². The third-order valence-electron chi connectivity index (χ3n) is 2.45. The number of benzene rings is 1. The van der Waals surface area contributed by atoms with Gasteiger partial charge < -0.3 is 0 Å². The molecule has 2 aromatic rings. The van der Waals surface area contributed by atoms with Gasteiger partial charge in [-0.15, -0.1) is 0 Å². The Morgan fingerprint density at radius 1 is 1.35 bits per heavy atom. The molecule has 5 heteroatoms. The summed E-state index contributed by atoms with van der Waals surface area (Å²) < 4.78 is 15.1. The minimum absolute atomic E-state index is 0.0421. The second kappa shape index (κ2) is 4.08. The van der Waals surface area contributed by atoms with E-state index in [1.54, 1.807) is 26.0 Å². The molecule has 0 aliphatic rings. The van der Waals surface area contributed by atoms with Gasteiger partial charge in [-0.05, 0) is 32.9 Å². The van der Waals surface area contributed by atoms with Gasteiger partial charge in [-0.1, -0.05) is 6.07 Å². The third kappa shape index (κ3) is 1.95. The average Bonchev–Trinajstić information content (AvgIpc) is 2.56. The number of hydrogen-bond acceptors (Lipinski definition) is 3. The molecule has 0 saturated carbocycles. The molecule has 0 radical (unpaired) electrons. The van der Waals surface area contributed by atoms with Crippen molar-refractivity contribution in [1.29, 1.82) is 0 Å². The minimum atomic E-state index is -0.539. The summed E-state index contributed by atoms with van der Waals surface area (Å²) in [5, 5.41) is 4.15. The Kier molecular flexibility index (Phi) is 2.75. The number of carbonyl (C=O) groups excluding carboxylic acids is 1. The van der Waals surface area contributed by atoms with Crippen LogP contribution in [-0.2, 0) is 0 Å². The van der Waals surface area contributed by atoms with Crippen LogP contribution in [0.2, 0.25) is 0 Å². The van der Waals surface area contributed by atoms with Gasteiger partial charge in [0, 0.05) is 0 Å². The fourth-order valence-electron chi connectivity index (χ4n) is 1.79. The highest BCUT2D eigenvalue weighted by Gasteiger charge is 2.16. The Morgan fingerprint density at radius 2 is 2.06 bits per heavy atom. The molecular weight excluding hydrogens is 221 g/mol. The number of rotatable bonds is 2. The summed E-state index contributed by atoms with van der Waals surface area (Å²) in [6.07, 6.45) is 0. The maximum absolute atomic E-state index is 13.6. The molecular formula is C12H12FN3O. The van der Waals surface area contributed by atoms with Crippen molar-refractivity contribution < 1.29 is 9.18 Å². The van der Waals surface area contributed by atoms with Gasteiger partial charge in [0.2, 0.25) is 0 Å². The fourth-order valence-corrected chi connectivity index (χ4v) is 1.79. The highest BCUT2D eigenvalue weighted by atomic mass is 19.1. The predicted octanol–water partition coefficient (Wildman–Crippen LogP) is 2.23. The molecule has 1 aromatic heterocycles. The van der Waals surface area contributed by atoms with Crippen molar-refractivity contribution in [2.24, 2.45) is 0 Å². The zero-order chi connectivity index (χ0) is 12.6. The van der Waals surface area contributed by atoms with Crippen LogP contribution in [0, 0.1) is 19.7 Å². The van der Waals surface area contributed by atoms with Crippen molar-refractivity contribution >= 4 is 5.78 Å². The molecule has 0 spiro atoms. The number of aryl methyl sites for hydroxylation is 2. The second-order valence-electron chi connectivity index (χ2n) is 3.81. The van der Waals surface area contributed by atoms with E-state index < -0.39 is 5.82 Å². The molecule has 1 heterocycles. The SMILES string of the molecule is CC(=O)c1c(F)cccc1-n1nc(C)nc1C. The van der Waals surface area contributed by atoms with Crippen molar-refractivity contribution in [3.8, 4) is 5.69 Å². The van der Waals surface area contributed by atoms with Gasteiger partial charge in [-0.25, -0.2) is 14.1 Å². The first-order chi connectivity index (χ1) is 8.00. The van der Waals surface area contributed by atoms with E-state index in [0.717, 1.165) is 0 Å². The number of ketones is 1. The number of Topliss-reactive ketones (excluding diaryl/α,β-unsaturated/α-hetero) is 1. The van der Waals surface area contributed by atoms with Crippen LogP contribution in [0.3, 0.4) is 0 Å². The van der Waals surface area contributed by atoms with Gasteiger partial charge in [0.05, 0.1) is 11.3 Å². The van der Waals surface area contributed by atoms with Gasteiger partial charge in [0.1, 0.15) is 17.5 Å². The molecule has 88 valence electrons. The van der Waals surface area contributed by atoms with Gasteiger partial charge in [0.25, 0.3) is 0 Å². The van der Waals surface area contributed by atoms with Crippen LogP contribution in [0.5, 0.6) is 0 Å². The molecule has 0 aliphatic heterocycles. The van der Waals surface area contributed by atoms with E-state index in [2.05, 4.69) is 10.1 Å². The summed E-state index contributed by atoms with van der Waals surface area (Å²) in [4.78, 5) is 15.6. The normalized spacial score (nSPS) is 10.6. The summed E-state index contributed by atoms with van der Waals surface area (Å²) in [6, 6.07) is 4.47. The number of nitrogens with zero attached hydrogens (tertiary/aromatic N) is 3. The Bertz CT molecular complexity index is 589. The summed E-state index contributed by atoms with van der Waals surface area (Å²) in [7, 11) is 0. The van der Waals surface area contributed by atoms with Crippen LogP contribution in [0.4, 0.5) is 4.39 Å². The lowest BCUT2D eigenvalue weighted by Gasteiger charge is -2.08. The number of hydrogen-bond donors (Lipinski definition) is 0. The van der Waals surface area contributed by atoms with Crippen LogP contribution in [-0.4, -0.2) is 20.5 Å². The molecule has 0 unspecified atom stereocenters. The number of carbonyl (C=O) groups is 1. The zero-order valence-corrected chi connectivity index (χ0v) is 9.86. The highest BCUT2D eigenvalue weighted by molar-refractivity contribution is 5.97. The fraction of sp³-hybridized carbons (Fsp3) is 0.250. The lowest BCUT2D eigenvalue weighted by Crippen LogP contribution is -2.08. The van der Waals surface area contributed by atoms with E-state index in [-0.39, 0.29) is 11.3 Å². The van der Waals surface area contributed by atoms with Crippen molar-refractivity contribution in [2.75, 3.05) is 0 Å². The molecule has 1 aromatic carbocycles. The largest absolute Gasteiger partial charge is 0.294 e. The Balaban J connectivity index is 2.71. The Hall–Kier alpha value is -2.04. The topological polar surface area (TPSA) is 47.8 Å². The lowest BCUT2D eigenvalue weighted by molar-refractivity contribution is 0.101. The smallest absolute Gasteiger partial charge is 0.164 e. The van der Waals surface area contributed by atoms with Crippen LogP contribution >= 0.6 is 0 Å². The quantitative estimate of drug-likeness (QED) is 0.747. The first-order valence-electron chi connectivity index (χ1n) is 5.21. The molecule has 2 rings (SSSR count). The molecule has 0 amide bonds. The molecule has 4 nitrogen and oxygen atoms in total. The molecule has 0 saturated heterocycles. The van der Waals surface area contributed by atoms with E-state index in [0.29, 0.717) is 17.3 Å². The van der Waals surface area contributed by atoms with E-state index in [9.17, 15) is 9.18 Å². The summed E-state index contributed by atoms with van der Waals surface area (Å²) in [6.45, 7) is 4.84. The van der Waals surface area contributed by atoms with Crippen molar-refractivity contribution in [1.82, 2.24) is 14.8 Å². The molecule has 0 atom stereocenters. The predicted molar refractivity (Wildman–Crippen MR) is 60.8 cm³/mol. The molecule has 17 heavy (non-hydrogen) atoms. The second-order valence-corrected chi connectivity index (χ2v) is 3.81. The summed E-state index contributed by atoms with van der Waals surface area (Å²) in [5.41, 5.74) is 0.469. The average molecular weight is 233 g/mol. The van der Waals surface area contributed by atoms with E-state index >= 15 is 0 Å².